The van der Waals surface area contributed by atoms with Crippen LogP contribution < -0.4 is 4.74 Å². The molecule has 15 heavy (non-hydrogen) atoms. The van der Waals surface area contributed by atoms with E-state index in [1.54, 1.807) is 0 Å². The van der Waals surface area contributed by atoms with E-state index in [0.717, 1.165) is 0 Å². The minimum atomic E-state index is -4.64. The number of alkyl halides is 5. The van der Waals surface area contributed by atoms with Gasteiger partial charge in [0.15, 0.2) is 5.75 Å². The van der Waals surface area contributed by atoms with Crippen LogP contribution in [-0.4, -0.2) is 11.6 Å². The lowest BCUT2D eigenvalue weighted by molar-refractivity contribution is -0.138. The Bertz CT molecular complexity index is 354. The predicted molar refractivity (Wildman–Crippen MR) is 43.6 cm³/mol. The van der Waals surface area contributed by atoms with Crippen molar-refractivity contribution in [2.45, 2.75) is 12.8 Å². The monoisotopic (exact) mass is 291 g/mol. The molecular weight excluding hydrogens is 289 g/mol. The zero-order valence-electron chi connectivity index (χ0n) is 6.86. The number of rotatable bonds is 2. The third-order valence-corrected chi connectivity index (χ3v) is 1.95. The first kappa shape index (κ1) is 12.2. The molecule has 0 spiro atoms. The third-order valence-electron chi connectivity index (χ3n) is 1.35. The van der Waals surface area contributed by atoms with Crippen molar-refractivity contribution < 1.29 is 26.7 Å². The van der Waals surface area contributed by atoms with Gasteiger partial charge in [-0.05, 0) is 22.0 Å². The fourth-order valence-electron chi connectivity index (χ4n) is 0.762. The van der Waals surface area contributed by atoms with Gasteiger partial charge >= 0.3 is 12.8 Å². The molecule has 0 aliphatic carbocycles. The molecule has 0 aliphatic rings. The number of nitrogens with zero attached hydrogens (tertiary/aromatic N) is 1. The highest BCUT2D eigenvalue weighted by Gasteiger charge is 2.32. The van der Waals surface area contributed by atoms with Crippen molar-refractivity contribution in [3.05, 3.63) is 22.4 Å². The van der Waals surface area contributed by atoms with Crippen molar-refractivity contribution in [3.63, 3.8) is 0 Å². The zero-order chi connectivity index (χ0) is 11.6. The molecule has 1 heterocycles. The smallest absolute Gasteiger partial charge is 0.418 e. The van der Waals surface area contributed by atoms with Crippen LogP contribution in [0.15, 0.2) is 16.9 Å². The second-order valence-corrected chi connectivity index (χ2v) is 3.14. The molecule has 0 saturated heterocycles. The summed E-state index contributed by atoms with van der Waals surface area (Å²) in [4.78, 5) is 3.24. The first-order chi connectivity index (χ1) is 6.80. The molecule has 0 atom stereocenters. The maximum absolute atomic E-state index is 12.1. The Morgan fingerprint density at radius 2 is 1.93 bits per heavy atom. The normalized spacial score (nSPS) is 11.9. The Morgan fingerprint density at radius 1 is 1.33 bits per heavy atom. The average molecular weight is 292 g/mol. The Morgan fingerprint density at radius 3 is 2.40 bits per heavy atom. The second kappa shape index (κ2) is 4.30. The fourth-order valence-corrected chi connectivity index (χ4v) is 1.07. The van der Waals surface area contributed by atoms with E-state index in [1.807, 2.05) is 0 Å². The Labute approximate surface area is 89.2 Å². The van der Waals surface area contributed by atoms with Crippen LogP contribution in [0.1, 0.15) is 5.56 Å². The van der Waals surface area contributed by atoms with E-state index in [-0.39, 0.29) is 4.60 Å². The van der Waals surface area contributed by atoms with Crippen LogP contribution in [0.4, 0.5) is 22.0 Å². The van der Waals surface area contributed by atoms with Gasteiger partial charge in [0, 0.05) is 6.20 Å². The van der Waals surface area contributed by atoms with Crippen LogP contribution in [0.25, 0.3) is 0 Å². The topological polar surface area (TPSA) is 22.1 Å². The van der Waals surface area contributed by atoms with Gasteiger partial charge in [-0.2, -0.15) is 22.0 Å². The average Bonchev–Trinajstić information content (AvgIpc) is 2.06. The molecule has 0 unspecified atom stereocenters. The number of hydrogen-bond donors (Lipinski definition) is 0. The molecule has 0 saturated carbocycles. The molecule has 0 amide bonds. The molecule has 2 nitrogen and oxygen atoms in total. The van der Waals surface area contributed by atoms with Gasteiger partial charge in [0.25, 0.3) is 0 Å². The highest BCUT2D eigenvalue weighted by molar-refractivity contribution is 9.10. The number of hydrogen-bond acceptors (Lipinski definition) is 2. The molecule has 0 radical (unpaired) electrons. The minimum absolute atomic E-state index is 0.212. The van der Waals surface area contributed by atoms with Crippen LogP contribution in [0.5, 0.6) is 5.75 Å². The molecule has 1 aromatic heterocycles. The van der Waals surface area contributed by atoms with E-state index >= 15 is 0 Å². The number of pyridine rings is 1. The summed E-state index contributed by atoms with van der Waals surface area (Å²) in [6.45, 7) is -3.20. The number of aromatic nitrogens is 1. The van der Waals surface area contributed by atoms with Crippen LogP contribution in [-0.2, 0) is 6.18 Å². The minimum Gasteiger partial charge on any atom is -0.432 e. The molecule has 0 aliphatic heterocycles. The lowest BCUT2D eigenvalue weighted by atomic mass is 10.3. The van der Waals surface area contributed by atoms with Crippen LogP contribution in [0.3, 0.4) is 0 Å². The summed E-state index contributed by atoms with van der Waals surface area (Å²) < 4.78 is 63.6. The summed E-state index contributed by atoms with van der Waals surface area (Å²) >= 11 is 2.69. The largest absolute Gasteiger partial charge is 0.432 e. The summed E-state index contributed by atoms with van der Waals surface area (Å²) in [6.07, 6.45) is -4.13. The van der Waals surface area contributed by atoms with Gasteiger partial charge in [-0.25, -0.2) is 4.98 Å². The zero-order valence-corrected chi connectivity index (χ0v) is 8.44. The van der Waals surface area contributed by atoms with Gasteiger partial charge in [-0.1, -0.05) is 0 Å². The fraction of sp³-hybridized carbons (Fsp3) is 0.286. The molecule has 0 N–H and O–H groups in total. The van der Waals surface area contributed by atoms with Crippen LogP contribution in [0.2, 0.25) is 0 Å². The summed E-state index contributed by atoms with van der Waals surface area (Å²) in [6, 6.07) is 0.448. The molecule has 1 rings (SSSR count). The van der Waals surface area contributed by atoms with E-state index in [0.29, 0.717) is 12.3 Å². The molecule has 0 fully saturated rings. The second-order valence-electron chi connectivity index (χ2n) is 2.39. The van der Waals surface area contributed by atoms with E-state index in [2.05, 4.69) is 25.7 Å². The highest BCUT2D eigenvalue weighted by atomic mass is 79.9. The quantitative estimate of drug-likeness (QED) is 0.615. The number of halogens is 6. The predicted octanol–water partition coefficient (Wildman–Crippen LogP) is 3.46. The standard InChI is InChI=1S/C7H3BrF5NO/c8-5-4(15-6(9)10)1-3(2-14-5)7(11,12)13/h1-2,6H. The van der Waals surface area contributed by atoms with E-state index < -0.39 is 24.1 Å². The maximum Gasteiger partial charge on any atom is 0.418 e. The molecular formula is C7H3BrF5NO. The van der Waals surface area contributed by atoms with Crippen molar-refractivity contribution >= 4 is 15.9 Å². The van der Waals surface area contributed by atoms with Gasteiger partial charge in [0.1, 0.15) is 4.60 Å². The van der Waals surface area contributed by atoms with Crippen molar-refractivity contribution in [1.82, 2.24) is 4.98 Å². The Balaban J connectivity index is 3.06. The Kier molecular flexibility index (Phi) is 3.48. The lowest BCUT2D eigenvalue weighted by Crippen LogP contribution is -2.08. The molecule has 0 aromatic carbocycles. The first-order valence-corrected chi connectivity index (χ1v) is 4.27. The van der Waals surface area contributed by atoms with E-state index in [1.165, 1.54) is 0 Å². The van der Waals surface area contributed by atoms with E-state index in [4.69, 9.17) is 0 Å². The van der Waals surface area contributed by atoms with Crippen LogP contribution >= 0.6 is 15.9 Å². The van der Waals surface area contributed by atoms with Crippen LogP contribution in [0, 0.1) is 0 Å². The molecule has 1 aromatic rings. The van der Waals surface area contributed by atoms with Gasteiger partial charge in [-0.3, -0.25) is 0 Å². The van der Waals surface area contributed by atoms with Gasteiger partial charge in [0.05, 0.1) is 5.56 Å². The highest BCUT2D eigenvalue weighted by Crippen LogP contribution is 2.34. The SMILES string of the molecule is FC(F)Oc1cc(C(F)(F)F)cnc1Br. The Hall–Kier alpha value is -0.920. The van der Waals surface area contributed by atoms with Gasteiger partial charge < -0.3 is 4.74 Å². The van der Waals surface area contributed by atoms with E-state index in [9.17, 15) is 22.0 Å². The summed E-state index contributed by atoms with van der Waals surface area (Å²) in [7, 11) is 0. The molecule has 8 heteroatoms. The van der Waals surface area contributed by atoms with Crippen molar-refractivity contribution in [2.75, 3.05) is 0 Å². The van der Waals surface area contributed by atoms with Crippen molar-refractivity contribution in [1.29, 1.82) is 0 Å². The van der Waals surface area contributed by atoms with Gasteiger partial charge in [-0.15, -0.1) is 0 Å². The van der Waals surface area contributed by atoms with Crippen molar-refractivity contribution in [3.8, 4) is 5.75 Å². The van der Waals surface area contributed by atoms with Gasteiger partial charge in [0.2, 0.25) is 0 Å². The lowest BCUT2D eigenvalue weighted by Gasteiger charge is -2.10. The summed E-state index contributed by atoms with van der Waals surface area (Å²) in [5, 5.41) is 0. The molecule has 84 valence electrons. The third kappa shape index (κ3) is 3.29. The maximum atomic E-state index is 12.1. The first-order valence-electron chi connectivity index (χ1n) is 3.48. The molecule has 0 bridgehead atoms. The summed E-state index contributed by atoms with van der Waals surface area (Å²) in [5.74, 6) is -0.653. The summed E-state index contributed by atoms with van der Waals surface area (Å²) in [5.41, 5.74) is -1.15. The number of ether oxygens (including phenoxy) is 1. The van der Waals surface area contributed by atoms with Crippen molar-refractivity contribution in [2.24, 2.45) is 0 Å².